The fraction of sp³-hybridized carbons (Fsp3) is 1.00. The molecule has 0 aromatic heterocycles. The van der Waals surface area contributed by atoms with Crippen LogP contribution in [0.5, 0.6) is 0 Å². The van der Waals surface area contributed by atoms with E-state index in [-0.39, 0.29) is 52.2 Å². The van der Waals surface area contributed by atoms with Crippen molar-refractivity contribution in [2.75, 3.05) is 6.61 Å². The van der Waals surface area contributed by atoms with Crippen LogP contribution in [0.3, 0.4) is 0 Å². The van der Waals surface area contributed by atoms with E-state index in [0.29, 0.717) is 29.8 Å². The first-order chi connectivity index (χ1) is 15.5. The quantitative estimate of drug-likeness (QED) is 0.568. The Hall–Kier alpha value is -0.160. The number of hydrogen-bond acceptors (Lipinski definition) is 4. The molecule has 33 heavy (non-hydrogen) atoms. The highest BCUT2D eigenvalue weighted by Gasteiger charge is 2.84. The molecule has 0 aromatic carbocycles. The standard InChI is InChI=1S/C29H48O4/c1-7-32-22-9-8-17(2)23-19(33-22)15-27(6)20-14-18(30)24-25(3,4)21(31)10-11-29(24)16-28(20,29)13-12-26(23,27)5/h17-24,30-31H,7-16H2,1-6H3/t17-,18+,19+,20+,21+,22+,23+,24+,26-,27+,28+,29-/m1/s1. The number of aliphatic hydroxyl groups excluding tert-OH is 2. The van der Waals surface area contributed by atoms with Gasteiger partial charge in [-0.05, 0) is 115 Å². The summed E-state index contributed by atoms with van der Waals surface area (Å²) in [5.74, 6) is 2.04. The molecule has 0 aromatic rings. The largest absolute Gasteiger partial charge is 0.393 e. The number of rotatable bonds is 2. The Morgan fingerprint density at radius 2 is 1.70 bits per heavy atom. The zero-order valence-electron chi connectivity index (χ0n) is 21.9. The zero-order valence-corrected chi connectivity index (χ0v) is 21.9. The van der Waals surface area contributed by atoms with E-state index in [1.165, 1.54) is 25.7 Å². The van der Waals surface area contributed by atoms with Gasteiger partial charge in [-0.3, -0.25) is 0 Å². The van der Waals surface area contributed by atoms with Crippen molar-refractivity contribution in [3.05, 3.63) is 0 Å². The molecule has 0 bridgehead atoms. The Kier molecular flexibility index (Phi) is 4.92. The van der Waals surface area contributed by atoms with Gasteiger partial charge < -0.3 is 19.7 Å². The van der Waals surface area contributed by atoms with Crippen molar-refractivity contribution < 1.29 is 19.7 Å². The summed E-state index contributed by atoms with van der Waals surface area (Å²) in [6.07, 6.45) is 9.77. The fourth-order valence-electron chi connectivity index (χ4n) is 11.8. The van der Waals surface area contributed by atoms with Crippen molar-refractivity contribution in [3.63, 3.8) is 0 Å². The molecule has 1 heterocycles. The molecule has 0 radical (unpaired) electrons. The van der Waals surface area contributed by atoms with Crippen LogP contribution in [0.1, 0.15) is 99.3 Å². The summed E-state index contributed by atoms with van der Waals surface area (Å²) in [5.41, 5.74) is 0.868. The predicted octanol–water partition coefficient (Wildman–Crippen LogP) is 5.54. The molecule has 2 N–H and O–H groups in total. The van der Waals surface area contributed by atoms with Gasteiger partial charge >= 0.3 is 0 Å². The van der Waals surface area contributed by atoms with Crippen LogP contribution in [0.4, 0.5) is 0 Å². The first-order valence-corrected chi connectivity index (χ1v) is 14.1. The average molecular weight is 461 g/mol. The van der Waals surface area contributed by atoms with Gasteiger partial charge in [0.15, 0.2) is 6.29 Å². The van der Waals surface area contributed by atoms with Crippen LogP contribution in [0.15, 0.2) is 0 Å². The lowest BCUT2D eigenvalue weighted by molar-refractivity contribution is -0.198. The van der Waals surface area contributed by atoms with Crippen LogP contribution < -0.4 is 0 Å². The summed E-state index contributed by atoms with van der Waals surface area (Å²) in [6.45, 7) is 14.9. The molecule has 6 rings (SSSR count). The topological polar surface area (TPSA) is 58.9 Å². The molecule has 1 aliphatic heterocycles. The molecule has 1 saturated heterocycles. The van der Waals surface area contributed by atoms with Crippen molar-refractivity contribution in [2.24, 2.45) is 50.7 Å². The summed E-state index contributed by atoms with van der Waals surface area (Å²) in [5, 5.41) is 22.6. The summed E-state index contributed by atoms with van der Waals surface area (Å²) in [4.78, 5) is 0. The molecule has 12 atom stereocenters. The van der Waals surface area contributed by atoms with Gasteiger partial charge in [-0.2, -0.15) is 0 Å². The summed E-state index contributed by atoms with van der Waals surface area (Å²) >= 11 is 0. The maximum atomic E-state index is 11.7. The number of aliphatic hydroxyl groups is 2. The molecule has 6 fully saturated rings. The Balaban J connectivity index is 1.38. The minimum atomic E-state index is -0.297. The number of ether oxygens (including phenoxy) is 2. The molecule has 2 spiro atoms. The zero-order chi connectivity index (χ0) is 23.6. The predicted molar refractivity (Wildman–Crippen MR) is 128 cm³/mol. The van der Waals surface area contributed by atoms with Gasteiger partial charge in [0, 0.05) is 6.61 Å². The first-order valence-electron chi connectivity index (χ1n) is 14.1. The maximum Gasteiger partial charge on any atom is 0.157 e. The van der Waals surface area contributed by atoms with Gasteiger partial charge in [-0.1, -0.05) is 34.6 Å². The second-order valence-corrected chi connectivity index (χ2v) is 14.4. The van der Waals surface area contributed by atoms with E-state index in [9.17, 15) is 10.2 Å². The molecule has 188 valence electrons. The summed E-state index contributed by atoms with van der Waals surface area (Å²) < 4.78 is 12.8. The van der Waals surface area contributed by atoms with Crippen molar-refractivity contribution in [2.45, 2.75) is 124 Å². The van der Waals surface area contributed by atoms with E-state index in [1.807, 2.05) is 0 Å². The third kappa shape index (κ3) is 2.63. The highest BCUT2D eigenvalue weighted by Crippen LogP contribution is 2.89. The lowest BCUT2D eigenvalue weighted by Crippen LogP contribution is -2.61. The van der Waals surface area contributed by atoms with Gasteiger partial charge in [-0.15, -0.1) is 0 Å². The highest BCUT2D eigenvalue weighted by atomic mass is 16.7. The van der Waals surface area contributed by atoms with Gasteiger partial charge in [0.05, 0.1) is 18.3 Å². The Morgan fingerprint density at radius 1 is 0.939 bits per heavy atom. The molecule has 0 amide bonds. The van der Waals surface area contributed by atoms with Gasteiger partial charge in [-0.25, -0.2) is 0 Å². The van der Waals surface area contributed by atoms with E-state index < -0.39 is 0 Å². The van der Waals surface area contributed by atoms with Crippen molar-refractivity contribution in [1.82, 2.24) is 0 Å². The molecule has 4 heteroatoms. The van der Waals surface area contributed by atoms with Gasteiger partial charge in [0.25, 0.3) is 0 Å². The fourth-order valence-corrected chi connectivity index (χ4v) is 11.8. The minimum Gasteiger partial charge on any atom is -0.393 e. The summed E-state index contributed by atoms with van der Waals surface area (Å²) in [6, 6.07) is 0. The number of hydrogen-bond donors (Lipinski definition) is 2. The molecule has 5 saturated carbocycles. The van der Waals surface area contributed by atoms with Gasteiger partial charge in [0.2, 0.25) is 0 Å². The SMILES string of the molecule is CCO[C@@H]1CC[C@@H](C)[C@H]2[C@H](C[C@@]3(C)[C@@H]4C[C@H](O)[C@H]5C(C)(C)[C@@H](O)CC[C@@]56C[C@@]46CC[C@]23C)O1. The second kappa shape index (κ2) is 6.99. The van der Waals surface area contributed by atoms with Crippen LogP contribution in [0.2, 0.25) is 0 Å². The first kappa shape index (κ1) is 23.3. The maximum absolute atomic E-state index is 11.7. The van der Waals surface area contributed by atoms with E-state index in [0.717, 1.165) is 32.1 Å². The molecule has 5 aliphatic carbocycles. The van der Waals surface area contributed by atoms with Crippen molar-refractivity contribution >= 4 is 0 Å². The van der Waals surface area contributed by atoms with Crippen LogP contribution >= 0.6 is 0 Å². The monoisotopic (exact) mass is 460 g/mol. The van der Waals surface area contributed by atoms with Crippen LogP contribution in [0, 0.1) is 50.7 Å². The molecular formula is C29H48O4. The smallest absolute Gasteiger partial charge is 0.157 e. The Morgan fingerprint density at radius 3 is 2.42 bits per heavy atom. The normalized spacial score (nSPS) is 61.1. The second-order valence-electron chi connectivity index (χ2n) is 14.4. The number of fused-ring (bicyclic) bond motifs is 4. The highest BCUT2D eigenvalue weighted by molar-refractivity contribution is 5.32. The third-order valence-electron chi connectivity index (χ3n) is 13.2. The van der Waals surface area contributed by atoms with Crippen molar-refractivity contribution in [3.8, 4) is 0 Å². The third-order valence-corrected chi connectivity index (χ3v) is 13.2. The van der Waals surface area contributed by atoms with Crippen LogP contribution in [-0.4, -0.2) is 41.4 Å². The Labute approximate surface area is 201 Å². The lowest BCUT2D eigenvalue weighted by atomic mass is 9.41. The molecule has 0 unspecified atom stereocenters. The molecule has 6 aliphatic rings. The van der Waals surface area contributed by atoms with E-state index in [2.05, 4.69) is 41.5 Å². The average Bonchev–Trinajstić information content (AvgIpc) is 3.36. The van der Waals surface area contributed by atoms with E-state index >= 15 is 0 Å². The van der Waals surface area contributed by atoms with E-state index in [1.54, 1.807) is 0 Å². The molecule has 4 nitrogen and oxygen atoms in total. The minimum absolute atomic E-state index is 0.0528. The lowest BCUT2D eigenvalue weighted by Gasteiger charge is -2.64. The van der Waals surface area contributed by atoms with Crippen LogP contribution in [-0.2, 0) is 9.47 Å². The molecular weight excluding hydrogens is 412 g/mol. The van der Waals surface area contributed by atoms with Gasteiger partial charge in [0.1, 0.15) is 0 Å². The van der Waals surface area contributed by atoms with Crippen molar-refractivity contribution in [1.29, 1.82) is 0 Å². The van der Waals surface area contributed by atoms with Crippen LogP contribution in [0.25, 0.3) is 0 Å². The summed E-state index contributed by atoms with van der Waals surface area (Å²) in [7, 11) is 0. The van der Waals surface area contributed by atoms with E-state index in [4.69, 9.17) is 9.47 Å². The Bertz CT molecular complexity index is 811.